The number of anilines is 1. The van der Waals surface area contributed by atoms with Crippen LogP contribution < -0.4 is 10.2 Å². The van der Waals surface area contributed by atoms with Crippen LogP contribution in [0.4, 0.5) is 23.2 Å². The molecule has 1 spiro atoms. The molecule has 10 heteroatoms. The predicted octanol–water partition coefficient (Wildman–Crippen LogP) is 3.42. The fourth-order valence-corrected chi connectivity index (χ4v) is 5.43. The van der Waals surface area contributed by atoms with Gasteiger partial charge >= 0.3 is 6.18 Å². The van der Waals surface area contributed by atoms with Crippen LogP contribution in [0.25, 0.3) is 0 Å². The molecule has 0 aromatic heterocycles. The number of piperidine rings is 1. The lowest BCUT2D eigenvalue weighted by atomic mass is 9.75. The highest BCUT2D eigenvalue weighted by molar-refractivity contribution is 5.86. The lowest BCUT2D eigenvalue weighted by molar-refractivity contribution is -0.218. The number of piperazine rings is 1. The maximum Gasteiger partial charge on any atom is 0.402 e. The minimum Gasteiger partial charge on any atom is -0.369 e. The Hall–Kier alpha value is -2.36. The van der Waals surface area contributed by atoms with Gasteiger partial charge < -0.3 is 15.1 Å². The quantitative estimate of drug-likeness (QED) is 0.633. The number of alkyl halides is 3. The fraction of sp³-hybridized carbons (Fsp3) is 0.680. The summed E-state index contributed by atoms with van der Waals surface area (Å²) >= 11 is 0. The largest absolute Gasteiger partial charge is 0.402 e. The van der Waals surface area contributed by atoms with Crippen molar-refractivity contribution >= 4 is 17.5 Å². The van der Waals surface area contributed by atoms with Crippen molar-refractivity contribution in [2.45, 2.75) is 51.7 Å². The van der Waals surface area contributed by atoms with Crippen LogP contribution in [0.2, 0.25) is 0 Å². The Balaban J connectivity index is 1.23. The van der Waals surface area contributed by atoms with Gasteiger partial charge in [-0.3, -0.25) is 14.5 Å². The average molecular weight is 499 g/mol. The number of nitrogens with zero attached hydrogens (tertiary/aromatic N) is 3. The Labute approximate surface area is 203 Å². The number of carbonyl (C=O) groups excluding carboxylic acids is 2. The van der Waals surface area contributed by atoms with Crippen molar-refractivity contribution in [1.29, 1.82) is 0 Å². The fourth-order valence-electron chi connectivity index (χ4n) is 5.43. The minimum absolute atomic E-state index is 0.0338. The molecule has 2 amide bonds. The maximum atomic E-state index is 13.3. The Kier molecular flexibility index (Phi) is 7.05. The molecule has 4 rings (SSSR count). The van der Waals surface area contributed by atoms with Gasteiger partial charge in [0.15, 0.2) is 0 Å². The molecular formula is C25H34F4N4O2. The molecule has 1 atom stereocenters. The first-order valence-corrected chi connectivity index (χ1v) is 12.3. The highest BCUT2D eigenvalue weighted by Gasteiger charge is 2.56. The molecule has 3 fully saturated rings. The monoisotopic (exact) mass is 498 g/mol. The molecule has 3 aliphatic rings. The number of benzene rings is 1. The standard InChI is InChI=1S/C25H34F4N4O2/c1-23(2,25(27,28)29)22(35)33-11-8-24(9-12-33)17-19(30-21(24)34)7-10-31-13-15-32(16-14-31)20-5-3-18(26)4-6-20/h3-6,19H,7-17H2,1-2H3,(H,30,34)/t19-/m0/s1. The van der Waals surface area contributed by atoms with E-state index in [1.165, 1.54) is 17.0 Å². The number of rotatable bonds is 5. The van der Waals surface area contributed by atoms with Crippen LogP contribution in [-0.2, 0) is 9.59 Å². The molecule has 3 saturated heterocycles. The first kappa shape index (κ1) is 25.7. The lowest BCUT2D eigenvalue weighted by Crippen LogP contribution is -2.53. The van der Waals surface area contributed by atoms with E-state index in [1.807, 2.05) is 0 Å². The van der Waals surface area contributed by atoms with Crippen LogP contribution >= 0.6 is 0 Å². The van der Waals surface area contributed by atoms with Crippen molar-refractivity contribution in [3.05, 3.63) is 30.1 Å². The molecular weight excluding hydrogens is 464 g/mol. The summed E-state index contributed by atoms with van der Waals surface area (Å²) in [5.41, 5.74) is -2.01. The summed E-state index contributed by atoms with van der Waals surface area (Å²) in [4.78, 5) is 31.2. The van der Waals surface area contributed by atoms with Gasteiger partial charge in [0, 0.05) is 57.5 Å². The van der Waals surface area contributed by atoms with Gasteiger partial charge in [0.25, 0.3) is 0 Å². The van der Waals surface area contributed by atoms with Crippen LogP contribution in [0.15, 0.2) is 24.3 Å². The van der Waals surface area contributed by atoms with E-state index in [4.69, 9.17) is 0 Å². The molecule has 0 saturated carbocycles. The molecule has 1 aromatic rings. The second-order valence-corrected chi connectivity index (χ2v) is 10.7. The Morgan fingerprint density at radius 1 is 1.03 bits per heavy atom. The normalized spacial score (nSPS) is 23.6. The van der Waals surface area contributed by atoms with Crippen molar-refractivity contribution in [3.63, 3.8) is 0 Å². The zero-order valence-electron chi connectivity index (χ0n) is 20.3. The number of nitrogens with one attached hydrogen (secondary N) is 1. The first-order valence-electron chi connectivity index (χ1n) is 12.3. The van der Waals surface area contributed by atoms with Crippen molar-refractivity contribution in [1.82, 2.24) is 15.1 Å². The summed E-state index contributed by atoms with van der Waals surface area (Å²) in [6, 6.07) is 6.56. The van der Waals surface area contributed by atoms with Gasteiger partial charge in [0.1, 0.15) is 11.2 Å². The topological polar surface area (TPSA) is 55.9 Å². The molecule has 0 aliphatic carbocycles. The van der Waals surface area contributed by atoms with Gasteiger partial charge in [0.05, 0.1) is 5.41 Å². The summed E-state index contributed by atoms with van der Waals surface area (Å²) in [6.07, 6.45) is -2.35. The summed E-state index contributed by atoms with van der Waals surface area (Å²) in [6.45, 7) is 6.49. The highest BCUT2D eigenvalue weighted by atomic mass is 19.4. The third kappa shape index (κ3) is 5.27. The van der Waals surface area contributed by atoms with E-state index in [-0.39, 0.29) is 30.9 Å². The molecule has 3 heterocycles. The molecule has 0 bridgehead atoms. The smallest absolute Gasteiger partial charge is 0.369 e. The van der Waals surface area contributed by atoms with Crippen LogP contribution in [0, 0.1) is 16.6 Å². The van der Waals surface area contributed by atoms with Crippen molar-refractivity contribution in [2.75, 3.05) is 50.7 Å². The number of hydrogen-bond donors (Lipinski definition) is 1. The predicted molar refractivity (Wildman–Crippen MR) is 124 cm³/mol. The molecule has 1 aromatic carbocycles. The Morgan fingerprint density at radius 2 is 1.63 bits per heavy atom. The zero-order valence-corrected chi connectivity index (χ0v) is 20.3. The van der Waals surface area contributed by atoms with Crippen LogP contribution in [0.5, 0.6) is 0 Å². The van der Waals surface area contributed by atoms with Gasteiger partial charge in [-0.2, -0.15) is 13.2 Å². The van der Waals surface area contributed by atoms with Crippen LogP contribution in [-0.4, -0.2) is 79.6 Å². The first-order chi connectivity index (χ1) is 16.4. The second-order valence-electron chi connectivity index (χ2n) is 10.7. The summed E-state index contributed by atoms with van der Waals surface area (Å²) in [5, 5.41) is 3.10. The van der Waals surface area contributed by atoms with Gasteiger partial charge in [0.2, 0.25) is 11.8 Å². The summed E-state index contributed by atoms with van der Waals surface area (Å²) < 4.78 is 53.0. The van der Waals surface area contributed by atoms with E-state index < -0.39 is 22.9 Å². The number of halogens is 4. The molecule has 0 unspecified atom stereocenters. The molecule has 3 aliphatic heterocycles. The van der Waals surface area contributed by atoms with Gasteiger partial charge in [-0.05, 0) is 63.8 Å². The molecule has 0 radical (unpaired) electrons. The lowest BCUT2D eigenvalue weighted by Gasteiger charge is -2.41. The van der Waals surface area contributed by atoms with E-state index >= 15 is 0 Å². The van der Waals surface area contributed by atoms with E-state index in [9.17, 15) is 27.2 Å². The summed E-state index contributed by atoms with van der Waals surface area (Å²) in [7, 11) is 0. The van der Waals surface area contributed by atoms with E-state index in [2.05, 4.69) is 15.1 Å². The van der Waals surface area contributed by atoms with Crippen LogP contribution in [0.3, 0.4) is 0 Å². The molecule has 194 valence electrons. The number of carbonyl (C=O) groups is 2. The third-order valence-electron chi connectivity index (χ3n) is 8.06. The Bertz CT molecular complexity index is 918. The average Bonchev–Trinajstić information content (AvgIpc) is 3.12. The zero-order chi connectivity index (χ0) is 25.4. The SMILES string of the molecule is CC(C)(C(=O)N1CCC2(CC1)C[C@H](CCN1CCN(c3ccc(F)cc3)CC1)NC2=O)C(F)(F)F. The van der Waals surface area contributed by atoms with Gasteiger partial charge in [-0.25, -0.2) is 4.39 Å². The molecule has 35 heavy (non-hydrogen) atoms. The molecule has 1 N–H and O–H groups in total. The van der Waals surface area contributed by atoms with E-state index in [0.29, 0.717) is 19.3 Å². The van der Waals surface area contributed by atoms with Crippen molar-refractivity contribution in [3.8, 4) is 0 Å². The van der Waals surface area contributed by atoms with Crippen molar-refractivity contribution < 1.29 is 27.2 Å². The summed E-state index contributed by atoms with van der Waals surface area (Å²) in [5.74, 6) is -1.20. The van der Waals surface area contributed by atoms with Crippen molar-refractivity contribution in [2.24, 2.45) is 10.8 Å². The maximum absolute atomic E-state index is 13.3. The Morgan fingerprint density at radius 3 is 2.20 bits per heavy atom. The highest BCUT2D eigenvalue weighted by Crippen LogP contribution is 2.44. The van der Waals surface area contributed by atoms with Crippen LogP contribution in [0.1, 0.15) is 39.5 Å². The molecule has 6 nitrogen and oxygen atoms in total. The number of likely N-dealkylation sites (tertiary alicyclic amines) is 1. The second kappa shape index (κ2) is 9.59. The number of amides is 2. The minimum atomic E-state index is -4.61. The van der Waals surface area contributed by atoms with Gasteiger partial charge in [-0.15, -0.1) is 0 Å². The van der Waals surface area contributed by atoms with Gasteiger partial charge in [-0.1, -0.05) is 0 Å². The third-order valence-corrected chi connectivity index (χ3v) is 8.06. The number of hydrogen-bond acceptors (Lipinski definition) is 4. The van der Waals surface area contributed by atoms with E-state index in [0.717, 1.165) is 58.7 Å². The van der Waals surface area contributed by atoms with E-state index in [1.54, 1.807) is 12.1 Å².